The summed E-state index contributed by atoms with van der Waals surface area (Å²) in [6.45, 7) is 6.00. The summed E-state index contributed by atoms with van der Waals surface area (Å²) in [7, 11) is -8.68. The lowest BCUT2D eigenvalue weighted by molar-refractivity contribution is -0.139. The maximum Gasteiger partial charge on any atom is 0.358 e. The van der Waals surface area contributed by atoms with Crippen LogP contribution in [0, 0.1) is 25.5 Å². The van der Waals surface area contributed by atoms with Gasteiger partial charge in [-0.15, -0.1) is 0 Å². The van der Waals surface area contributed by atoms with Gasteiger partial charge in [0.1, 0.15) is 49.2 Å². The van der Waals surface area contributed by atoms with E-state index in [2.05, 4.69) is 10.6 Å². The SMILES string of the molecule is CC(=O)c1cn(CC(=O)N2C[C@H](F)C[C@H]2C(=O)NCc2cccc(C)c2F)c2ccc(P(=O)(O)O)cc12.CCOP(=O)(O)c1ccc2c(c1)c(C(C)=O)cn2CC(=O)N1C[C@H](F)C[C@H]1C(=O)NCc1cccc(C)c1F. The van der Waals surface area contributed by atoms with Gasteiger partial charge in [-0.3, -0.25) is 37.9 Å². The van der Waals surface area contributed by atoms with Crippen molar-refractivity contribution in [3.63, 3.8) is 0 Å². The zero-order chi connectivity index (χ0) is 55.6. The van der Waals surface area contributed by atoms with Crippen LogP contribution < -0.4 is 21.2 Å². The fourth-order valence-corrected chi connectivity index (χ4v) is 11.0. The van der Waals surface area contributed by atoms with Crippen molar-refractivity contribution in [2.75, 3.05) is 19.7 Å². The maximum absolute atomic E-state index is 14.4. The predicted molar refractivity (Wildman–Crippen MR) is 273 cm³/mol. The number of halogens is 4. The molecule has 0 radical (unpaired) electrons. The number of rotatable bonds is 16. The zero-order valence-electron chi connectivity index (χ0n) is 42.0. The van der Waals surface area contributed by atoms with Crippen molar-refractivity contribution in [1.82, 2.24) is 29.6 Å². The van der Waals surface area contributed by atoms with Crippen LogP contribution in [0.15, 0.2) is 85.2 Å². The second kappa shape index (κ2) is 23.2. The highest BCUT2D eigenvalue weighted by atomic mass is 31.2. The van der Waals surface area contributed by atoms with Gasteiger partial charge in [-0.2, -0.15) is 0 Å². The summed E-state index contributed by atoms with van der Waals surface area (Å²) in [5, 5.41) is 5.55. The molecule has 8 rings (SSSR count). The van der Waals surface area contributed by atoms with Crippen LogP contribution in [0.25, 0.3) is 21.8 Å². The Hall–Kier alpha value is -6.80. The number of Topliss-reactive ketones (excluding diaryl/α,β-unsaturated/α-hetero) is 2. The Labute approximate surface area is 433 Å². The van der Waals surface area contributed by atoms with E-state index in [4.69, 9.17) is 4.52 Å². The molecule has 4 aromatic carbocycles. The number of hydrogen-bond donors (Lipinski definition) is 5. The number of aromatic nitrogens is 2. The smallest absolute Gasteiger partial charge is 0.350 e. The molecule has 4 amide bonds. The molecule has 24 heteroatoms. The van der Waals surface area contributed by atoms with Gasteiger partial charge >= 0.3 is 15.2 Å². The van der Waals surface area contributed by atoms with Gasteiger partial charge in [0.25, 0.3) is 0 Å². The first-order valence-corrected chi connectivity index (χ1v) is 27.2. The Kier molecular flexibility index (Phi) is 17.4. The molecule has 0 saturated carbocycles. The average Bonchev–Trinajstić information content (AvgIpc) is 4.17. The van der Waals surface area contributed by atoms with Gasteiger partial charge in [-0.25, -0.2) is 17.6 Å². The first-order valence-electron chi connectivity index (χ1n) is 24.0. The van der Waals surface area contributed by atoms with Crippen LogP contribution in [0.2, 0.25) is 0 Å². The first kappa shape index (κ1) is 56.9. The van der Waals surface area contributed by atoms with Crippen molar-refractivity contribution in [2.24, 2.45) is 0 Å². The number of carbonyl (C=O) groups is 6. The van der Waals surface area contributed by atoms with Crippen molar-refractivity contribution in [3.05, 3.63) is 130 Å². The molecule has 1 unspecified atom stereocenters. The fourth-order valence-electron chi connectivity index (χ4n) is 9.38. The summed E-state index contributed by atoms with van der Waals surface area (Å²) < 4.78 is 89.4. The molecule has 2 aromatic heterocycles. The molecule has 4 heterocycles. The van der Waals surface area contributed by atoms with Crippen LogP contribution in [0.1, 0.15) is 76.6 Å². The highest BCUT2D eigenvalue weighted by Crippen LogP contribution is 2.42. The summed E-state index contributed by atoms with van der Waals surface area (Å²) in [5.41, 5.74) is 2.62. The third-order valence-corrected chi connectivity index (χ3v) is 15.8. The minimum Gasteiger partial charge on any atom is -0.350 e. The number of benzene rings is 4. The number of alkyl halides is 2. The van der Waals surface area contributed by atoms with E-state index in [0.29, 0.717) is 27.5 Å². The van der Waals surface area contributed by atoms with Crippen LogP contribution in [0.4, 0.5) is 17.6 Å². The van der Waals surface area contributed by atoms with Crippen LogP contribution in [-0.4, -0.2) is 113 Å². The number of aryl methyl sites for hydroxylation is 2. The molecule has 5 N–H and O–H groups in total. The summed E-state index contributed by atoms with van der Waals surface area (Å²) in [6, 6.07) is 15.5. The molecule has 5 atom stereocenters. The molecular weight excluding hydrogens is 1040 g/mol. The van der Waals surface area contributed by atoms with Crippen LogP contribution in [0.3, 0.4) is 0 Å². The normalized spacial score (nSPS) is 18.3. The molecule has 0 aliphatic carbocycles. The van der Waals surface area contributed by atoms with E-state index in [1.807, 2.05) is 0 Å². The van der Waals surface area contributed by atoms with E-state index in [0.717, 1.165) is 9.80 Å². The number of likely N-dealkylation sites (tertiary alicyclic amines) is 2. The molecule has 2 aliphatic heterocycles. The minimum absolute atomic E-state index is 0.00465. The van der Waals surface area contributed by atoms with Crippen molar-refractivity contribution in [2.45, 2.75) is 98.1 Å². The van der Waals surface area contributed by atoms with Crippen LogP contribution in [-0.2, 0) is 59.0 Å². The molecule has 76 heavy (non-hydrogen) atoms. The molecule has 404 valence electrons. The molecule has 0 bridgehead atoms. The topological polar surface area (TPSA) is 247 Å². The lowest BCUT2D eigenvalue weighted by Crippen LogP contribution is -2.46. The number of hydrogen-bond acceptors (Lipinski definition) is 9. The fraction of sp³-hybridized carbons (Fsp3) is 0.346. The molecule has 2 aliphatic rings. The molecular formula is C52H56F4N6O12P2. The van der Waals surface area contributed by atoms with Gasteiger partial charge < -0.3 is 48.8 Å². The van der Waals surface area contributed by atoms with Crippen molar-refractivity contribution >= 4 is 82.8 Å². The summed E-state index contributed by atoms with van der Waals surface area (Å²) in [4.78, 5) is 108. The Balaban J connectivity index is 0.000000221. The van der Waals surface area contributed by atoms with Gasteiger partial charge in [0.05, 0.1) is 30.3 Å². The van der Waals surface area contributed by atoms with E-state index in [1.54, 1.807) is 45.0 Å². The standard InChI is InChI=1S/C27H30F2N3O6P.C25H26F2N3O6P/c1-4-38-39(36,37)20-8-9-23-21(11-20)22(17(3)33)14-31(23)15-25(34)32-13-19(28)10-24(32)27(35)30-12-18-7-5-6-16(2)26(18)29;1-14-4-3-5-16(24(14)27)10-28-25(33)22-8-17(26)11-30(22)23(32)13-29-12-20(15(2)31)19-9-18(37(34,35)36)6-7-21(19)29/h5-9,11,14,19,24H,4,10,12-13,15H2,1-3H3,(H,30,35)(H,36,37);3-7,9,12,17,22H,8,10-11,13H2,1-2H3,(H,28,33)(H2,34,35,36)/t19-,24+;17-,22+/m11/s1. The van der Waals surface area contributed by atoms with Crippen molar-refractivity contribution in [1.29, 1.82) is 0 Å². The van der Waals surface area contributed by atoms with Gasteiger partial charge in [-0.05, 0) is 82.1 Å². The largest absolute Gasteiger partial charge is 0.358 e. The van der Waals surface area contributed by atoms with E-state index in [1.165, 1.54) is 83.9 Å². The average molecular weight is 1090 g/mol. The minimum atomic E-state index is -4.57. The van der Waals surface area contributed by atoms with Crippen molar-refractivity contribution < 1.29 is 74.7 Å². The Bertz CT molecular complexity index is 3380. The second-order valence-corrected chi connectivity index (χ2v) is 22.1. The number of nitrogens with zero attached hydrogens (tertiary/aromatic N) is 4. The Morgan fingerprint density at radius 1 is 0.645 bits per heavy atom. The zero-order valence-corrected chi connectivity index (χ0v) is 43.8. The number of carbonyl (C=O) groups excluding carboxylic acids is 6. The molecule has 0 spiro atoms. The maximum atomic E-state index is 14.4. The number of ketones is 2. The van der Waals surface area contributed by atoms with Crippen molar-refractivity contribution in [3.8, 4) is 0 Å². The van der Waals surface area contributed by atoms with Gasteiger partial charge in [0.2, 0.25) is 23.6 Å². The number of nitrogens with one attached hydrogen (secondary N) is 2. The molecule has 6 aromatic rings. The monoisotopic (exact) mass is 1090 g/mol. The lowest BCUT2D eigenvalue weighted by atomic mass is 10.1. The van der Waals surface area contributed by atoms with Crippen LogP contribution in [0.5, 0.6) is 0 Å². The first-order chi connectivity index (χ1) is 35.8. The Morgan fingerprint density at radius 2 is 1.05 bits per heavy atom. The summed E-state index contributed by atoms with van der Waals surface area (Å²) in [5.74, 6) is -3.91. The van der Waals surface area contributed by atoms with Gasteiger partial charge in [0, 0.05) is 82.4 Å². The predicted octanol–water partition coefficient (Wildman–Crippen LogP) is 5.74. The second-order valence-electron chi connectivity index (χ2n) is 18.7. The highest BCUT2D eigenvalue weighted by Gasteiger charge is 2.41. The van der Waals surface area contributed by atoms with E-state index < -0.39 is 74.9 Å². The van der Waals surface area contributed by atoms with E-state index in [-0.39, 0.29) is 109 Å². The molecule has 18 nitrogen and oxygen atoms in total. The molecule has 2 saturated heterocycles. The van der Waals surface area contributed by atoms with E-state index >= 15 is 0 Å². The van der Waals surface area contributed by atoms with Crippen LogP contribution >= 0.6 is 15.2 Å². The van der Waals surface area contributed by atoms with E-state index in [9.17, 15) is 70.1 Å². The number of amides is 4. The highest BCUT2D eigenvalue weighted by molar-refractivity contribution is 7.61. The number of fused-ring (bicyclic) bond motifs is 2. The lowest BCUT2D eigenvalue weighted by Gasteiger charge is -2.24. The molecule has 2 fully saturated rings. The quantitative estimate of drug-likeness (QED) is 0.0442. The third kappa shape index (κ3) is 12.5. The summed E-state index contributed by atoms with van der Waals surface area (Å²) in [6.07, 6.45) is -0.371. The van der Waals surface area contributed by atoms with Gasteiger partial charge in [-0.1, -0.05) is 36.4 Å². The summed E-state index contributed by atoms with van der Waals surface area (Å²) >= 11 is 0. The Morgan fingerprint density at radius 3 is 1.45 bits per heavy atom. The van der Waals surface area contributed by atoms with Gasteiger partial charge in [0.15, 0.2) is 11.6 Å². The third-order valence-electron chi connectivity index (χ3n) is 13.3.